The summed E-state index contributed by atoms with van der Waals surface area (Å²) in [7, 11) is 0. The van der Waals surface area contributed by atoms with Crippen LogP contribution in [0.5, 0.6) is 0 Å². The predicted molar refractivity (Wildman–Crippen MR) is 73.1 cm³/mol. The number of nitrogens with two attached hydrogens (primary N) is 1. The first-order valence-electron chi connectivity index (χ1n) is 5.69. The van der Waals surface area contributed by atoms with Gasteiger partial charge in [-0.25, -0.2) is 4.39 Å². The van der Waals surface area contributed by atoms with Crippen LogP contribution >= 0.6 is 0 Å². The summed E-state index contributed by atoms with van der Waals surface area (Å²) < 4.78 is 13.6. The topological polar surface area (TPSA) is 123 Å². The van der Waals surface area contributed by atoms with Gasteiger partial charge in [0.2, 0.25) is 0 Å². The van der Waals surface area contributed by atoms with Crippen molar-refractivity contribution in [3.63, 3.8) is 0 Å². The third kappa shape index (κ3) is 3.09. The number of carbonyl (C=O) groups is 1. The maximum atomic E-state index is 13.6. The molecule has 4 N–H and O–H groups in total. The normalized spacial score (nSPS) is 10.0. The van der Waals surface area contributed by atoms with Gasteiger partial charge in [-0.05, 0) is 12.1 Å². The number of benzene rings is 1. The van der Waals surface area contributed by atoms with Crippen molar-refractivity contribution in [3.05, 3.63) is 58.2 Å². The van der Waals surface area contributed by atoms with Gasteiger partial charge in [0.1, 0.15) is 5.82 Å². The minimum Gasteiger partial charge on any atom is -0.322 e. The van der Waals surface area contributed by atoms with Crippen molar-refractivity contribution in [1.29, 1.82) is 0 Å². The van der Waals surface area contributed by atoms with Crippen LogP contribution in [-0.4, -0.2) is 15.8 Å². The SMILES string of the molecule is NNc1cnccc1C(=O)Nc1cc([N+](=O)[O-])ccc1F. The van der Waals surface area contributed by atoms with E-state index < -0.39 is 16.6 Å². The molecule has 1 aromatic carbocycles. The average Bonchev–Trinajstić information content (AvgIpc) is 2.49. The molecule has 0 aliphatic carbocycles. The number of amides is 1. The maximum absolute atomic E-state index is 13.6. The second-order valence-corrected chi connectivity index (χ2v) is 3.94. The summed E-state index contributed by atoms with van der Waals surface area (Å²) in [6.45, 7) is 0. The van der Waals surface area contributed by atoms with E-state index in [0.717, 1.165) is 18.2 Å². The molecule has 0 saturated carbocycles. The standard InChI is InChI=1S/C12H10FN5O3/c13-9-2-1-7(18(20)21)5-10(9)16-12(19)8-3-4-15-6-11(8)17-14/h1-6,17H,14H2,(H,16,19). The van der Waals surface area contributed by atoms with Crippen LogP contribution in [0.4, 0.5) is 21.5 Å². The van der Waals surface area contributed by atoms with Gasteiger partial charge >= 0.3 is 0 Å². The number of rotatable bonds is 4. The maximum Gasteiger partial charge on any atom is 0.271 e. The van der Waals surface area contributed by atoms with E-state index in [1.54, 1.807) is 0 Å². The fraction of sp³-hybridized carbons (Fsp3) is 0. The summed E-state index contributed by atoms with van der Waals surface area (Å²) in [6.07, 6.45) is 2.68. The molecule has 1 heterocycles. The first kappa shape index (κ1) is 14.3. The second kappa shape index (κ2) is 5.92. The van der Waals surface area contributed by atoms with Gasteiger partial charge in [0.05, 0.1) is 28.1 Å². The Bertz CT molecular complexity index is 707. The van der Waals surface area contributed by atoms with Crippen molar-refractivity contribution in [2.45, 2.75) is 0 Å². The Labute approximate surface area is 117 Å². The monoisotopic (exact) mass is 291 g/mol. The van der Waals surface area contributed by atoms with Gasteiger partial charge in [-0.3, -0.25) is 25.7 Å². The van der Waals surface area contributed by atoms with Crippen molar-refractivity contribution in [1.82, 2.24) is 4.98 Å². The molecule has 108 valence electrons. The van der Waals surface area contributed by atoms with Crippen LogP contribution < -0.4 is 16.6 Å². The Morgan fingerprint density at radius 1 is 1.33 bits per heavy atom. The molecule has 0 unspecified atom stereocenters. The lowest BCUT2D eigenvalue weighted by molar-refractivity contribution is -0.384. The highest BCUT2D eigenvalue weighted by Gasteiger charge is 2.16. The zero-order chi connectivity index (χ0) is 15.4. The molecule has 0 saturated heterocycles. The molecule has 0 radical (unpaired) electrons. The third-order valence-corrected chi connectivity index (χ3v) is 2.63. The number of anilines is 2. The highest BCUT2D eigenvalue weighted by molar-refractivity contribution is 6.08. The lowest BCUT2D eigenvalue weighted by Crippen LogP contribution is -2.18. The number of non-ortho nitro benzene ring substituents is 1. The van der Waals surface area contributed by atoms with E-state index in [-0.39, 0.29) is 22.6 Å². The second-order valence-electron chi connectivity index (χ2n) is 3.94. The minimum atomic E-state index is -0.787. The number of hydrazine groups is 1. The van der Waals surface area contributed by atoms with Crippen LogP contribution in [0.1, 0.15) is 10.4 Å². The zero-order valence-corrected chi connectivity index (χ0v) is 10.5. The Morgan fingerprint density at radius 3 is 2.76 bits per heavy atom. The summed E-state index contributed by atoms with van der Waals surface area (Å²) in [6, 6.07) is 4.22. The summed E-state index contributed by atoms with van der Waals surface area (Å²) in [5.41, 5.74) is 2.01. The summed E-state index contributed by atoms with van der Waals surface area (Å²) in [5.74, 6) is 3.78. The number of halogens is 1. The fourth-order valence-corrected chi connectivity index (χ4v) is 1.62. The van der Waals surface area contributed by atoms with E-state index in [0.29, 0.717) is 0 Å². The first-order chi connectivity index (χ1) is 10.0. The lowest BCUT2D eigenvalue weighted by Gasteiger charge is -2.09. The quantitative estimate of drug-likeness (QED) is 0.447. The van der Waals surface area contributed by atoms with Gasteiger partial charge in [-0.15, -0.1) is 0 Å². The molecule has 2 rings (SSSR count). The minimum absolute atomic E-state index is 0.124. The van der Waals surface area contributed by atoms with Crippen LogP contribution in [0.15, 0.2) is 36.7 Å². The predicted octanol–water partition coefficient (Wildman–Crippen LogP) is 1.67. The number of nitro benzene ring substituents is 1. The summed E-state index contributed by atoms with van der Waals surface area (Å²) in [5, 5.41) is 12.9. The highest BCUT2D eigenvalue weighted by Crippen LogP contribution is 2.22. The highest BCUT2D eigenvalue weighted by atomic mass is 19.1. The average molecular weight is 291 g/mol. The van der Waals surface area contributed by atoms with E-state index in [1.807, 2.05) is 0 Å². The van der Waals surface area contributed by atoms with E-state index in [9.17, 15) is 19.3 Å². The van der Waals surface area contributed by atoms with Crippen molar-refractivity contribution in [2.24, 2.45) is 5.84 Å². The first-order valence-corrected chi connectivity index (χ1v) is 5.69. The molecule has 9 heteroatoms. The van der Waals surface area contributed by atoms with Crippen molar-refractivity contribution in [3.8, 4) is 0 Å². The van der Waals surface area contributed by atoms with Crippen LogP contribution in [0.3, 0.4) is 0 Å². The molecule has 0 aliphatic rings. The number of hydrogen-bond acceptors (Lipinski definition) is 6. The van der Waals surface area contributed by atoms with Crippen LogP contribution in [0.2, 0.25) is 0 Å². The number of aromatic nitrogens is 1. The van der Waals surface area contributed by atoms with E-state index in [2.05, 4.69) is 15.7 Å². The van der Waals surface area contributed by atoms with Crippen LogP contribution in [0.25, 0.3) is 0 Å². The van der Waals surface area contributed by atoms with Gasteiger partial charge in [-0.2, -0.15) is 0 Å². The number of pyridine rings is 1. The number of hydrogen-bond donors (Lipinski definition) is 3. The molecule has 0 aliphatic heterocycles. The molecular formula is C12H10FN5O3. The number of nitrogen functional groups attached to an aromatic ring is 1. The number of nitrogens with zero attached hydrogens (tertiary/aromatic N) is 2. The van der Waals surface area contributed by atoms with Crippen LogP contribution in [-0.2, 0) is 0 Å². The van der Waals surface area contributed by atoms with Crippen molar-refractivity contribution < 1.29 is 14.1 Å². The number of nitro groups is 1. The molecule has 8 nitrogen and oxygen atoms in total. The van der Waals surface area contributed by atoms with Crippen molar-refractivity contribution in [2.75, 3.05) is 10.7 Å². The summed E-state index contributed by atoms with van der Waals surface area (Å²) >= 11 is 0. The molecule has 0 bridgehead atoms. The zero-order valence-electron chi connectivity index (χ0n) is 10.5. The molecule has 1 aromatic heterocycles. The Kier molecular flexibility index (Phi) is 4.05. The molecule has 21 heavy (non-hydrogen) atoms. The molecule has 0 fully saturated rings. The van der Waals surface area contributed by atoms with Gasteiger partial charge in [0, 0.05) is 18.3 Å². The molecule has 0 atom stereocenters. The Morgan fingerprint density at radius 2 is 2.10 bits per heavy atom. The summed E-state index contributed by atoms with van der Waals surface area (Å²) in [4.78, 5) is 25.8. The molecule has 0 spiro atoms. The Balaban J connectivity index is 2.31. The van der Waals surface area contributed by atoms with E-state index in [1.165, 1.54) is 18.5 Å². The van der Waals surface area contributed by atoms with E-state index >= 15 is 0 Å². The Hall–Kier alpha value is -3.07. The lowest BCUT2D eigenvalue weighted by atomic mass is 10.2. The molecular weight excluding hydrogens is 281 g/mol. The van der Waals surface area contributed by atoms with Gasteiger partial charge < -0.3 is 10.7 Å². The molecule has 2 aromatic rings. The largest absolute Gasteiger partial charge is 0.322 e. The van der Waals surface area contributed by atoms with Crippen LogP contribution in [0, 0.1) is 15.9 Å². The fourth-order valence-electron chi connectivity index (χ4n) is 1.62. The van der Waals surface area contributed by atoms with E-state index in [4.69, 9.17) is 5.84 Å². The number of nitrogens with one attached hydrogen (secondary N) is 2. The van der Waals surface area contributed by atoms with Gasteiger partial charge in [-0.1, -0.05) is 0 Å². The third-order valence-electron chi connectivity index (χ3n) is 2.63. The number of carbonyl (C=O) groups excluding carboxylic acids is 1. The smallest absolute Gasteiger partial charge is 0.271 e. The van der Waals surface area contributed by atoms with Gasteiger partial charge in [0.15, 0.2) is 0 Å². The molecule has 1 amide bonds. The van der Waals surface area contributed by atoms with Gasteiger partial charge in [0.25, 0.3) is 11.6 Å². The van der Waals surface area contributed by atoms with Crippen molar-refractivity contribution >= 4 is 23.0 Å².